The van der Waals surface area contributed by atoms with E-state index in [0.717, 1.165) is 0 Å². The Hall–Kier alpha value is -0.920. The summed E-state index contributed by atoms with van der Waals surface area (Å²) in [6.07, 6.45) is 3.18. The Morgan fingerprint density at radius 3 is 2.76 bits per heavy atom. The molecular weight excluding hydrogens is 242 g/mol. The Morgan fingerprint density at radius 1 is 1.59 bits per heavy atom. The third-order valence-electron chi connectivity index (χ3n) is 3.16. The van der Waals surface area contributed by atoms with Gasteiger partial charge < -0.3 is 9.67 Å². The summed E-state index contributed by atoms with van der Waals surface area (Å²) >= 11 is 0. The summed E-state index contributed by atoms with van der Waals surface area (Å²) in [7, 11) is -1.76. The lowest BCUT2D eigenvalue weighted by Crippen LogP contribution is -2.30. The van der Waals surface area contributed by atoms with Crippen molar-refractivity contribution in [2.75, 3.05) is 13.1 Å². The molecule has 2 unspecified atom stereocenters. The Labute approximate surface area is 101 Å². The second-order valence-electron chi connectivity index (χ2n) is 4.53. The summed E-state index contributed by atoms with van der Waals surface area (Å²) in [4.78, 5) is 3.87. The molecular formula is C10H17N3O3S. The van der Waals surface area contributed by atoms with E-state index in [0.29, 0.717) is 19.5 Å². The van der Waals surface area contributed by atoms with Crippen molar-refractivity contribution in [1.82, 2.24) is 13.9 Å². The highest BCUT2D eigenvalue weighted by molar-refractivity contribution is 7.89. The SMILES string of the molecule is CC(O)C1CCN(S(=O)(=O)c2cn(C)cn2)C1. The van der Waals surface area contributed by atoms with E-state index in [1.54, 1.807) is 18.5 Å². The first-order valence-corrected chi connectivity index (χ1v) is 7.01. The summed E-state index contributed by atoms with van der Waals surface area (Å²) in [5.41, 5.74) is 0. The van der Waals surface area contributed by atoms with Crippen molar-refractivity contribution >= 4 is 10.0 Å². The molecule has 1 aliphatic heterocycles. The molecule has 0 amide bonds. The van der Waals surface area contributed by atoms with Crippen LogP contribution >= 0.6 is 0 Å². The van der Waals surface area contributed by atoms with Gasteiger partial charge in [0.2, 0.25) is 0 Å². The van der Waals surface area contributed by atoms with E-state index in [1.165, 1.54) is 16.8 Å². The molecule has 1 N–H and O–H groups in total. The molecule has 1 saturated heterocycles. The number of aliphatic hydroxyl groups excluding tert-OH is 1. The van der Waals surface area contributed by atoms with E-state index in [9.17, 15) is 13.5 Å². The number of aromatic nitrogens is 2. The summed E-state index contributed by atoms with van der Waals surface area (Å²) in [5.74, 6) is 0.0217. The van der Waals surface area contributed by atoms with Crippen LogP contribution in [0.5, 0.6) is 0 Å². The lowest BCUT2D eigenvalue weighted by Gasteiger charge is -2.16. The molecule has 1 fully saturated rings. The van der Waals surface area contributed by atoms with Gasteiger partial charge in [0.25, 0.3) is 10.0 Å². The molecule has 0 saturated carbocycles. The summed E-state index contributed by atoms with van der Waals surface area (Å²) in [5, 5.41) is 9.54. The zero-order valence-electron chi connectivity index (χ0n) is 9.94. The summed E-state index contributed by atoms with van der Waals surface area (Å²) in [6.45, 7) is 2.52. The van der Waals surface area contributed by atoms with Crippen LogP contribution < -0.4 is 0 Å². The van der Waals surface area contributed by atoms with Crippen molar-refractivity contribution in [3.8, 4) is 0 Å². The van der Waals surface area contributed by atoms with Crippen LogP contribution in [0.2, 0.25) is 0 Å². The largest absolute Gasteiger partial charge is 0.393 e. The normalized spacial score (nSPS) is 24.1. The summed E-state index contributed by atoms with van der Waals surface area (Å²) in [6, 6.07) is 0. The maximum Gasteiger partial charge on any atom is 0.262 e. The van der Waals surface area contributed by atoms with Crippen molar-refractivity contribution in [2.24, 2.45) is 13.0 Å². The molecule has 0 aromatic carbocycles. The van der Waals surface area contributed by atoms with Gasteiger partial charge in [0.05, 0.1) is 12.4 Å². The number of aryl methyl sites for hydroxylation is 1. The van der Waals surface area contributed by atoms with Crippen LogP contribution in [0.1, 0.15) is 13.3 Å². The zero-order valence-corrected chi connectivity index (χ0v) is 10.8. The van der Waals surface area contributed by atoms with Gasteiger partial charge in [0.15, 0.2) is 5.03 Å². The second-order valence-corrected chi connectivity index (χ2v) is 6.41. The van der Waals surface area contributed by atoms with Crippen LogP contribution in [0.15, 0.2) is 17.6 Å². The van der Waals surface area contributed by atoms with Crippen LogP contribution in [0.3, 0.4) is 0 Å². The third-order valence-corrected chi connectivity index (χ3v) is 4.91. The minimum Gasteiger partial charge on any atom is -0.393 e. The number of aliphatic hydroxyl groups is 1. The van der Waals surface area contributed by atoms with E-state index >= 15 is 0 Å². The van der Waals surface area contributed by atoms with Crippen LogP contribution in [0, 0.1) is 5.92 Å². The molecule has 0 radical (unpaired) electrons. The third kappa shape index (κ3) is 2.36. The number of rotatable bonds is 3. The van der Waals surface area contributed by atoms with Crippen molar-refractivity contribution < 1.29 is 13.5 Å². The smallest absolute Gasteiger partial charge is 0.262 e. The number of sulfonamides is 1. The number of hydrogen-bond donors (Lipinski definition) is 1. The van der Waals surface area contributed by atoms with Crippen molar-refractivity contribution in [2.45, 2.75) is 24.5 Å². The molecule has 17 heavy (non-hydrogen) atoms. The van der Waals surface area contributed by atoms with Gasteiger partial charge >= 0.3 is 0 Å². The van der Waals surface area contributed by atoms with Gasteiger partial charge in [0, 0.05) is 26.3 Å². The first-order valence-electron chi connectivity index (χ1n) is 5.57. The number of imidazole rings is 1. The fourth-order valence-corrected chi connectivity index (χ4v) is 3.50. The fraction of sp³-hybridized carbons (Fsp3) is 0.700. The predicted molar refractivity (Wildman–Crippen MR) is 61.8 cm³/mol. The van der Waals surface area contributed by atoms with E-state index < -0.39 is 16.1 Å². The van der Waals surface area contributed by atoms with Crippen LogP contribution in [0.25, 0.3) is 0 Å². The minimum atomic E-state index is -3.49. The number of nitrogens with zero attached hydrogens (tertiary/aromatic N) is 3. The van der Waals surface area contributed by atoms with Crippen molar-refractivity contribution in [3.63, 3.8) is 0 Å². The molecule has 2 heterocycles. The molecule has 96 valence electrons. The first kappa shape index (κ1) is 12.5. The molecule has 2 atom stereocenters. The van der Waals surface area contributed by atoms with Crippen molar-refractivity contribution in [1.29, 1.82) is 0 Å². The van der Waals surface area contributed by atoms with Crippen LogP contribution in [0.4, 0.5) is 0 Å². The quantitative estimate of drug-likeness (QED) is 0.816. The van der Waals surface area contributed by atoms with Gasteiger partial charge in [0.1, 0.15) is 0 Å². The highest BCUT2D eigenvalue weighted by Gasteiger charge is 2.35. The molecule has 0 spiro atoms. The van der Waals surface area contributed by atoms with E-state index in [-0.39, 0.29) is 10.9 Å². The molecule has 1 aromatic rings. The maximum absolute atomic E-state index is 12.2. The Kier molecular flexibility index (Phi) is 3.24. The highest BCUT2D eigenvalue weighted by Crippen LogP contribution is 2.25. The fourth-order valence-electron chi connectivity index (χ4n) is 2.02. The zero-order chi connectivity index (χ0) is 12.6. The molecule has 1 aromatic heterocycles. The summed E-state index contributed by atoms with van der Waals surface area (Å²) < 4.78 is 27.4. The Balaban J connectivity index is 2.18. The van der Waals surface area contributed by atoms with Crippen LogP contribution in [-0.2, 0) is 17.1 Å². The van der Waals surface area contributed by atoms with Crippen LogP contribution in [-0.4, -0.2) is 46.6 Å². The Morgan fingerprint density at radius 2 is 2.29 bits per heavy atom. The van der Waals surface area contributed by atoms with Gasteiger partial charge in [-0.15, -0.1) is 0 Å². The van der Waals surface area contributed by atoms with E-state index in [2.05, 4.69) is 4.98 Å². The van der Waals surface area contributed by atoms with Gasteiger partial charge in [-0.3, -0.25) is 0 Å². The second kappa shape index (κ2) is 4.40. The first-order chi connectivity index (χ1) is 7.91. The maximum atomic E-state index is 12.2. The Bertz CT molecular complexity index is 495. The van der Waals surface area contributed by atoms with Gasteiger partial charge in [-0.1, -0.05) is 0 Å². The molecule has 0 aliphatic carbocycles. The average molecular weight is 259 g/mol. The van der Waals surface area contributed by atoms with Gasteiger partial charge in [-0.2, -0.15) is 4.31 Å². The number of hydrogen-bond acceptors (Lipinski definition) is 4. The van der Waals surface area contributed by atoms with E-state index in [4.69, 9.17) is 0 Å². The predicted octanol–water partition coefficient (Wildman–Crippen LogP) is -0.189. The topological polar surface area (TPSA) is 75.4 Å². The lowest BCUT2D eigenvalue weighted by atomic mass is 10.0. The van der Waals surface area contributed by atoms with Crippen molar-refractivity contribution in [3.05, 3.63) is 12.5 Å². The minimum absolute atomic E-state index is 0.0217. The standard InChI is InChI=1S/C10H17N3O3S/c1-8(14)9-3-4-13(5-9)17(15,16)10-6-12(2)7-11-10/h6-9,14H,3-5H2,1-2H3. The molecule has 6 nitrogen and oxygen atoms in total. The average Bonchev–Trinajstić information content (AvgIpc) is 2.85. The molecule has 0 bridgehead atoms. The highest BCUT2D eigenvalue weighted by atomic mass is 32.2. The monoisotopic (exact) mass is 259 g/mol. The molecule has 2 rings (SSSR count). The molecule has 7 heteroatoms. The van der Waals surface area contributed by atoms with Gasteiger partial charge in [-0.05, 0) is 19.3 Å². The molecule has 1 aliphatic rings. The van der Waals surface area contributed by atoms with E-state index in [1.807, 2.05) is 0 Å². The van der Waals surface area contributed by atoms with Gasteiger partial charge in [-0.25, -0.2) is 13.4 Å². The lowest BCUT2D eigenvalue weighted by molar-refractivity contribution is 0.133.